The van der Waals surface area contributed by atoms with E-state index in [0.717, 1.165) is 109 Å². The fourth-order valence-corrected chi connectivity index (χ4v) is 8.34. The summed E-state index contributed by atoms with van der Waals surface area (Å²) >= 11 is 0. The van der Waals surface area contributed by atoms with E-state index in [4.69, 9.17) is 9.47 Å². The van der Waals surface area contributed by atoms with Crippen LogP contribution in [0.3, 0.4) is 0 Å². The third-order valence-corrected chi connectivity index (χ3v) is 12.9. The van der Waals surface area contributed by atoms with Gasteiger partial charge in [0.2, 0.25) is 0 Å². The van der Waals surface area contributed by atoms with E-state index < -0.39 is 6.10 Å². The second-order valence-electron chi connectivity index (χ2n) is 20.0. The quantitative estimate of drug-likeness (QED) is 0.0373. The van der Waals surface area contributed by atoms with E-state index in [1.807, 2.05) is 0 Å². The normalized spacial score (nSPS) is 13.2. The summed E-state index contributed by atoms with van der Waals surface area (Å²) in [6, 6.07) is 0. The molecular weight excluding hydrogens is 909 g/mol. The Bertz CT molecular complexity index is 1530. The van der Waals surface area contributed by atoms with Gasteiger partial charge in [0, 0.05) is 12.8 Å². The summed E-state index contributed by atoms with van der Waals surface area (Å²) in [6.45, 7) is 4.03. The van der Waals surface area contributed by atoms with Crippen LogP contribution in [-0.4, -0.2) is 36.4 Å². The maximum atomic E-state index is 12.3. The first-order chi connectivity index (χ1) is 36.6. The van der Waals surface area contributed by atoms with E-state index >= 15 is 0 Å². The number of esters is 2. The SMILES string of the molecule is CC/C=C\C/C=C\C/C=C\C/C=C\C/C=C\C/C=C\C/C=C\C/C=C\C/C=C\C/C=C\CCCCCCCCCCC(=O)OC(CO)COC(=O)CCCCCCCCCCC/C=C\CCCCCCCCCC. The molecule has 0 radical (unpaired) electrons. The highest BCUT2D eigenvalue weighted by Gasteiger charge is 2.16. The Balaban J connectivity index is 3.59. The summed E-state index contributed by atoms with van der Waals surface area (Å²) in [5.74, 6) is -0.604. The average Bonchev–Trinajstić information content (AvgIpc) is 3.40. The van der Waals surface area contributed by atoms with Crippen LogP contribution in [0, 0.1) is 0 Å². The molecule has 0 aromatic heterocycles. The minimum atomic E-state index is -0.786. The monoisotopic (exact) mass is 1020 g/mol. The second-order valence-corrected chi connectivity index (χ2v) is 20.0. The molecular formula is C69H114O5. The van der Waals surface area contributed by atoms with Gasteiger partial charge in [0.1, 0.15) is 6.61 Å². The molecule has 0 bridgehead atoms. The van der Waals surface area contributed by atoms with Gasteiger partial charge >= 0.3 is 11.9 Å². The molecule has 0 amide bonds. The van der Waals surface area contributed by atoms with Crippen LogP contribution < -0.4 is 0 Å². The van der Waals surface area contributed by atoms with E-state index in [9.17, 15) is 14.7 Å². The zero-order valence-electron chi connectivity index (χ0n) is 48.1. The van der Waals surface area contributed by atoms with Crippen LogP contribution in [0.4, 0.5) is 0 Å². The van der Waals surface area contributed by atoms with Crippen molar-refractivity contribution in [3.8, 4) is 0 Å². The van der Waals surface area contributed by atoms with Gasteiger partial charge in [-0.3, -0.25) is 9.59 Å². The van der Waals surface area contributed by atoms with Crippen molar-refractivity contribution in [3.05, 3.63) is 134 Å². The largest absolute Gasteiger partial charge is 0.462 e. The number of carbonyl (C=O) groups excluding carboxylic acids is 2. The molecule has 1 atom stereocenters. The topological polar surface area (TPSA) is 72.8 Å². The molecule has 0 saturated heterocycles. The Morgan fingerprint density at radius 3 is 0.892 bits per heavy atom. The third-order valence-electron chi connectivity index (χ3n) is 12.9. The van der Waals surface area contributed by atoms with Crippen LogP contribution in [0.1, 0.15) is 271 Å². The predicted molar refractivity (Wildman–Crippen MR) is 324 cm³/mol. The zero-order valence-corrected chi connectivity index (χ0v) is 48.1. The Hall–Kier alpha value is -3.96. The van der Waals surface area contributed by atoms with Crippen molar-refractivity contribution < 1.29 is 24.2 Å². The first-order valence-electron chi connectivity index (χ1n) is 30.7. The maximum Gasteiger partial charge on any atom is 0.306 e. The van der Waals surface area contributed by atoms with Crippen LogP contribution in [-0.2, 0) is 19.1 Å². The molecule has 0 aliphatic carbocycles. The fourth-order valence-electron chi connectivity index (χ4n) is 8.34. The molecule has 1 unspecified atom stereocenters. The van der Waals surface area contributed by atoms with E-state index in [1.54, 1.807) is 0 Å². The number of allylic oxidation sites excluding steroid dienone is 22. The molecule has 0 saturated carbocycles. The molecule has 0 aliphatic rings. The van der Waals surface area contributed by atoms with E-state index in [2.05, 4.69) is 148 Å². The van der Waals surface area contributed by atoms with Gasteiger partial charge in [-0.15, -0.1) is 0 Å². The van der Waals surface area contributed by atoms with Gasteiger partial charge in [-0.05, 0) is 116 Å². The first kappa shape index (κ1) is 70.0. The standard InChI is InChI=1S/C69H114O5/c1-3-5-7-9-11-13-15-17-19-21-23-25-26-27-28-29-30-31-32-33-34-35-36-37-38-39-40-41-42-44-46-48-50-52-54-56-58-60-62-64-69(72)74-67(65-70)66-73-68(71)63-61-59-57-55-53-51-49-47-45-43-24-22-20-18-16-14-12-10-8-6-4-2/h5,7,11,13,17,19,22-25,27-28,30-31,33-34,36-37,39-40,42,44,67,70H,3-4,6,8-10,12,14-16,18,20-21,26,29,32,35,38,41,43,45-66H2,1-2H3/b7-5-,13-11-,19-17-,24-22-,25-23-,28-27-,31-30-,34-33-,37-36-,40-39-,44-42-. The Kier molecular flexibility index (Phi) is 59.9. The number of unbranched alkanes of at least 4 members (excludes halogenated alkanes) is 25. The highest BCUT2D eigenvalue weighted by molar-refractivity contribution is 5.70. The molecule has 5 nitrogen and oxygen atoms in total. The van der Waals surface area contributed by atoms with Crippen molar-refractivity contribution in [1.82, 2.24) is 0 Å². The molecule has 0 spiro atoms. The number of ether oxygens (including phenoxy) is 2. The molecule has 5 heteroatoms. The zero-order chi connectivity index (χ0) is 53.4. The highest BCUT2D eigenvalue weighted by Crippen LogP contribution is 2.15. The molecule has 0 aromatic carbocycles. The number of rotatable bonds is 55. The smallest absolute Gasteiger partial charge is 0.306 e. The third kappa shape index (κ3) is 60.6. The van der Waals surface area contributed by atoms with Gasteiger partial charge in [-0.2, -0.15) is 0 Å². The predicted octanol–water partition coefficient (Wildman–Crippen LogP) is 21.2. The van der Waals surface area contributed by atoms with Crippen molar-refractivity contribution >= 4 is 11.9 Å². The minimum Gasteiger partial charge on any atom is -0.462 e. The van der Waals surface area contributed by atoms with Crippen LogP contribution in [0.2, 0.25) is 0 Å². The summed E-state index contributed by atoms with van der Waals surface area (Å²) in [6.07, 6.45) is 94.3. The number of hydrogen-bond acceptors (Lipinski definition) is 5. The van der Waals surface area contributed by atoms with Gasteiger partial charge in [0.15, 0.2) is 6.10 Å². The van der Waals surface area contributed by atoms with E-state index in [-0.39, 0.29) is 25.2 Å². The Labute approximate surface area is 457 Å². The van der Waals surface area contributed by atoms with Crippen LogP contribution in [0.5, 0.6) is 0 Å². The number of aliphatic hydroxyl groups excluding tert-OH is 1. The highest BCUT2D eigenvalue weighted by atomic mass is 16.6. The summed E-state index contributed by atoms with van der Waals surface area (Å²) in [4.78, 5) is 24.6. The lowest BCUT2D eigenvalue weighted by Crippen LogP contribution is -2.28. The van der Waals surface area contributed by atoms with Gasteiger partial charge in [0.25, 0.3) is 0 Å². The summed E-state index contributed by atoms with van der Waals surface area (Å²) in [5.41, 5.74) is 0. The lowest BCUT2D eigenvalue weighted by molar-refractivity contribution is -0.161. The summed E-state index contributed by atoms with van der Waals surface area (Å²) in [7, 11) is 0. The molecule has 420 valence electrons. The van der Waals surface area contributed by atoms with Crippen molar-refractivity contribution in [2.75, 3.05) is 13.2 Å². The van der Waals surface area contributed by atoms with Gasteiger partial charge in [-0.25, -0.2) is 0 Å². The second kappa shape index (κ2) is 63.3. The molecule has 0 aliphatic heterocycles. The molecule has 0 rings (SSSR count). The van der Waals surface area contributed by atoms with Crippen molar-refractivity contribution in [2.24, 2.45) is 0 Å². The van der Waals surface area contributed by atoms with Gasteiger partial charge < -0.3 is 14.6 Å². The lowest BCUT2D eigenvalue weighted by atomic mass is 10.1. The van der Waals surface area contributed by atoms with Gasteiger partial charge in [-0.1, -0.05) is 276 Å². The molecule has 1 N–H and O–H groups in total. The number of carbonyl (C=O) groups is 2. The van der Waals surface area contributed by atoms with Gasteiger partial charge in [0.05, 0.1) is 6.61 Å². The average molecular weight is 1020 g/mol. The molecule has 0 fully saturated rings. The van der Waals surface area contributed by atoms with Crippen LogP contribution in [0.15, 0.2) is 134 Å². The Morgan fingerprint density at radius 1 is 0.324 bits per heavy atom. The maximum absolute atomic E-state index is 12.3. The van der Waals surface area contributed by atoms with Crippen LogP contribution >= 0.6 is 0 Å². The fraction of sp³-hybridized carbons (Fsp3) is 0.652. The summed E-state index contributed by atoms with van der Waals surface area (Å²) < 4.78 is 10.7. The van der Waals surface area contributed by atoms with Crippen molar-refractivity contribution in [3.63, 3.8) is 0 Å². The van der Waals surface area contributed by atoms with Crippen LogP contribution in [0.25, 0.3) is 0 Å². The minimum absolute atomic E-state index is 0.0758. The number of hydrogen-bond donors (Lipinski definition) is 1. The molecule has 0 heterocycles. The van der Waals surface area contributed by atoms with E-state index in [1.165, 1.54) is 135 Å². The van der Waals surface area contributed by atoms with Crippen molar-refractivity contribution in [1.29, 1.82) is 0 Å². The first-order valence-corrected chi connectivity index (χ1v) is 30.7. The lowest BCUT2D eigenvalue weighted by Gasteiger charge is -2.15. The number of aliphatic hydroxyl groups is 1. The molecule has 0 aromatic rings. The van der Waals surface area contributed by atoms with Crippen molar-refractivity contribution in [2.45, 2.75) is 277 Å². The summed E-state index contributed by atoms with van der Waals surface area (Å²) in [5, 5.41) is 9.67. The molecule has 74 heavy (non-hydrogen) atoms. The van der Waals surface area contributed by atoms with E-state index in [0.29, 0.717) is 12.8 Å². The Morgan fingerprint density at radius 2 is 0.581 bits per heavy atom.